The first kappa shape index (κ1) is 18.9. The van der Waals surface area contributed by atoms with Gasteiger partial charge in [-0.1, -0.05) is 19.8 Å². The van der Waals surface area contributed by atoms with Crippen LogP contribution < -0.4 is 5.32 Å². The summed E-state index contributed by atoms with van der Waals surface area (Å²) in [6.07, 6.45) is 2.78. The Bertz CT molecular complexity index is 482. The summed E-state index contributed by atoms with van der Waals surface area (Å²) >= 11 is 0. The molecule has 0 aliphatic carbocycles. The van der Waals surface area contributed by atoms with Gasteiger partial charge in [-0.2, -0.15) is 0 Å². The fourth-order valence-corrected chi connectivity index (χ4v) is 3.83. The molecule has 7 nitrogen and oxygen atoms in total. The highest BCUT2D eigenvalue weighted by Gasteiger charge is 2.37. The van der Waals surface area contributed by atoms with E-state index < -0.39 is 33.0 Å². The van der Waals surface area contributed by atoms with E-state index in [0.29, 0.717) is 32.5 Å². The van der Waals surface area contributed by atoms with Gasteiger partial charge in [0.05, 0.1) is 17.7 Å². The number of unbranched alkanes of at least 4 members (excludes halogenated alkanes) is 2. The van der Waals surface area contributed by atoms with Crippen molar-refractivity contribution < 1.29 is 27.9 Å². The second-order valence-electron chi connectivity index (χ2n) is 5.81. The number of carbonyl (C=O) groups is 2. The van der Waals surface area contributed by atoms with E-state index in [1.807, 2.05) is 6.92 Å². The van der Waals surface area contributed by atoms with Crippen LogP contribution in [0.3, 0.4) is 0 Å². The van der Waals surface area contributed by atoms with Crippen molar-refractivity contribution in [3.8, 4) is 0 Å². The zero-order valence-corrected chi connectivity index (χ0v) is 13.8. The Balaban J connectivity index is 2.61. The summed E-state index contributed by atoms with van der Waals surface area (Å²) in [6, 6.07) is 0. The lowest BCUT2D eigenvalue weighted by molar-refractivity contribution is -0.140. The van der Waals surface area contributed by atoms with Gasteiger partial charge >= 0.3 is 5.97 Å². The van der Waals surface area contributed by atoms with Crippen LogP contribution in [0, 0.1) is 0 Å². The van der Waals surface area contributed by atoms with Crippen LogP contribution in [0.1, 0.15) is 45.4 Å². The van der Waals surface area contributed by atoms with Gasteiger partial charge in [-0.05, 0) is 19.3 Å². The maximum absolute atomic E-state index is 12.0. The van der Waals surface area contributed by atoms with Gasteiger partial charge in [-0.25, -0.2) is 8.42 Å². The lowest BCUT2D eigenvalue weighted by Crippen LogP contribution is -2.54. The molecule has 0 saturated carbocycles. The topological polar surface area (TPSA) is 110 Å². The molecule has 22 heavy (non-hydrogen) atoms. The van der Waals surface area contributed by atoms with Crippen molar-refractivity contribution >= 4 is 21.7 Å². The first-order valence-corrected chi connectivity index (χ1v) is 9.42. The lowest BCUT2D eigenvalue weighted by atomic mass is 9.86. The highest BCUT2D eigenvalue weighted by molar-refractivity contribution is 7.92. The molecule has 1 saturated heterocycles. The maximum atomic E-state index is 12.0. The van der Waals surface area contributed by atoms with Crippen LogP contribution in [0.2, 0.25) is 0 Å². The van der Waals surface area contributed by atoms with Crippen LogP contribution in [0.25, 0.3) is 0 Å². The Kier molecular flexibility index (Phi) is 7.28. The summed E-state index contributed by atoms with van der Waals surface area (Å²) in [7, 11) is -3.45. The molecule has 0 aromatic heterocycles. The largest absolute Gasteiger partial charge is 0.481 e. The van der Waals surface area contributed by atoms with Crippen LogP contribution in [0.4, 0.5) is 0 Å². The quantitative estimate of drug-likeness (QED) is 0.601. The number of hydrogen-bond acceptors (Lipinski definition) is 5. The predicted molar refractivity (Wildman–Crippen MR) is 81.4 cm³/mol. The number of aliphatic carboxylic acids is 1. The second-order valence-corrected chi connectivity index (χ2v) is 7.99. The molecule has 0 unspecified atom stereocenters. The van der Waals surface area contributed by atoms with Gasteiger partial charge in [-0.15, -0.1) is 0 Å². The van der Waals surface area contributed by atoms with Crippen molar-refractivity contribution in [2.45, 2.75) is 51.0 Å². The molecule has 0 radical (unpaired) electrons. The number of hydrogen-bond donors (Lipinski definition) is 2. The Morgan fingerprint density at radius 2 is 1.86 bits per heavy atom. The van der Waals surface area contributed by atoms with Crippen LogP contribution in [0.5, 0.6) is 0 Å². The average molecular weight is 335 g/mol. The number of carboxylic acids is 1. The fraction of sp³-hybridized carbons (Fsp3) is 0.857. The lowest BCUT2D eigenvalue weighted by Gasteiger charge is -2.36. The van der Waals surface area contributed by atoms with E-state index in [2.05, 4.69) is 5.32 Å². The molecule has 1 aliphatic rings. The van der Waals surface area contributed by atoms with Crippen molar-refractivity contribution in [3.05, 3.63) is 0 Å². The van der Waals surface area contributed by atoms with Crippen molar-refractivity contribution in [1.82, 2.24) is 5.32 Å². The molecule has 1 rings (SSSR count). The van der Waals surface area contributed by atoms with Crippen molar-refractivity contribution in [3.63, 3.8) is 0 Å². The van der Waals surface area contributed by atoms with Crippen molar-refractivity contribution in [2.24, 2.45) is 0 Å². The minimum atomic E-state index is -3.45. The van der Waals surface area contributed by atoms with Crippen LogP contribution in [0.15, 0.2) is 0 Å². The summed E-state index contributed by atoms with van der Waals surface area (Å²) in [4.78, 5) is 23.0. The molecule has 1 amide bonds. The first-order valence-electron chi connectivity index (χ1n) is 7.59. The second kappa shape index (κ2) is 8.47. The number of rotatable bonds is 9. The van der Waals surface area contributed by atoms with E-state index in [1.165, 1.54) is 0 Å². The molecule has 1 fully saturated rings. The molecule has 1 aliphatic heterocycles. The molecule has 2 N–H and O–H groups in total. The molecular weight excluding hydrogens is 310 g/mol. The third-order valence-electron chi connectivity index (χ3n) is 3.75. The Hall–Kier alpha value is -1.15. The van der Waals surface area contributed by atoms with E-state index in [9.17, 15) is 18.0 Å². The van der Waals surface area contributed by atoms with Gasteiger partial charge in [0.15, 0.2) is 9.84 Å². The predicted octanol–water partition coefficient (Wildman–Crippen LogP) is 0.732. The summed E-state index contributed by atoms with van der Waals surface area (Å²) in [6.45, 7) is 2.69. The molecule has 128 valence electrons. The monoisotopic (exact) mass is 335 g/mol. The van der Waals surface area contributed by atoms with Crippen molar-refractivity contribution in [1.29, 1.82) is 0 Å². The number of ether oxygens (including phenoxy) is 1. The SMILES string of the molecule is CCCCCS(=O)(=O)CC(=O)NC1(CC(=O)O)CCOCC1. The fourth-order valence-electron chi connectivity index (χ4n) is 2.57. The molecule has 0 spiro atoms. The molecule has 1 heterocycles. The maximum Gasteiger partial charge on any atom is 0.305 e. The van der Waals surface area contributed by atoms with Crippen LogP contribution >= 0.6 is 0 Å². The van der Waals surface area contributed by atoms with E-state index in [1.54, 1.807) is 0 Å². The van der Waals surface area contributed by atoms with Crippen LogP contribution in [-0.4, -0.2) is 55.7 Å². The summed E-state index contributed by atoms with van der Waals surface area (Å²) < 4.78 is 29.0. The van der Waals surface area contributed by atoms with Gasteiger partial charge in [0.25, 0.3) is 0 Å². The standard InChI is InChI=1S/C14H25NO6S/c1-2-3-4-9-22(19,20)11-12(16)15-14(10-13(17)18)5-7-21-8-6-14/h2-11H2,1H3,(H,15,16)(H,17,18). The molecule has 8 heteroatoms. The van der Waals surface area contributed by atoms with Crippen molar-refractivity contribution in [2.75, 3.05) is 24.7 Å². The normalized spacial score (nSPS) is 17.9. The van der Waals surface area contributed by atoms with E-state index in [-0.39, 0.29) is 12.2 Å². The van der Waals surface area contributed by atoms with E-state index in [0.717, 1.165) is 12.8 Å². The Morgan fingerprint density at radius 3 is 2.41 bits per heavy atom. The van der Waals surface area contributed by atoms with Crippen LogP contribution in [-0.2, 0) is 24.2 Å². The number of amides is 1. The zero-order valence-electron chi connectivity index (χ0n) is 13.0. The molecule has 0 atom stereocenters. The number of nitrogens with one attached hydrogen (secondary N) is 1. The van der Waals surface area contributed by atoms with E-state index >= 15 is 0 Å². The van der Waals surface area contributed by atoms with Gasteiger partial charge in [0.2, 0.25) is 5.91 Å². The highest BCUT2D eigenvalue weighted by Crippen LogP contribution is 2.24. The third-order valence-corrected chi connectivity index (χ3v) is 5.37. The smallest absolute Gasteiger partial charge is 0.305 e. The number of carboxylic acid groups (broad SMARTS) is 1. The minimum absolute atomic E-state index is 0.0106. The molecule has 0 aromatic carbocycles. The summed E-state index contributed by atoms with van der Waals surface area (Å²) in [5.41, 5.74) is -0.903. The zero-order chi connectivity index (χ0) is 16.6. The minimum Gasteiger partial charge on any atom is -0.481 e. The summed E-state index contributed by atoms with van der Waals surface area (Å²) in [5.74, 6) is -2.24. The number of sulfone groups is 1. The van der Waals surface area contributed by atoms with Gasteiger partial charge in [-0.3, -0.25) is 9.59 Å². The Morgan fingerprint density at radius 1 is 1.23 bits per heavy atom. The number of carbonyl (C=O) groups excluding carboxylic acids is 1. The van der Waals surface area contributed by atoms with E-state index in [4.69, 9.17) is 9.84 Å². The highest BCUT2D eigenvalue weighted by atomic mass is 32.2. The van der Waals surface area contributed by atoms with Gasteiger partial charge in [0.1, 0.15) is 5.75 Å². The third kappa shape index (κ3) is 6.74. The van der Waals surface area contributed by atoms with Gasteiger partial charge in [0, 0.05) is 13.2 Å². The average Bonchev–Trinajstić information content (AvgIpc) is 2.37. The molecular formula is C14H25NO6S. The Labute approximate surface area is 131 Å². The first-order chi connectivity index (χ1) is 10.3. The summed E-state index contributed by atoms with van der Waals surface area (Å²) in [5, 5.41) is 11.6. The van der Waals surface area contributed by atoms with Gasteiger partial charge < -0.3 is 15.2 Å². The molecule has 0 bridgehead atoms. The molecule has 0 aromatic rings.